The Hall–Kier alpha value is -1.71. The summed E-state index contributed by atoms with van der Waals surface area (Å²) >= 11 is 0. The summed E-state index contributed by atoms with van der Waals surface area (Å²) in [7, 11) is 4.85. The second-order valence-electron chi connectivity index (χ2n) is 4.00. The van der Waals surface area contributed by atoms with Crippen LogP contribution in [-0.4, -0.2) is 32.2 Å². The van der Waals surface area contributed by atoms with Crippen molar-refractivity contribution in [2.24, 2.45) is 0 Å². The van der Waals surface area contributed by atoms with E-state index < -0.39 is 6.09 Å². The smallest absolute Gasteiger partial charge is 0.414 e. The highest BCUT2D eigenvalue weighted by atomic mass is 16.6. The molecular formula is C13H19NO3. The van der Waals surface area contributed by atoms with Crippen LogP contribution in [0.4, 0.5) is 4.79 Å². The van der Waals surface area contributed by atoms with Crippen molar-refractivity contribution >= 4 is 6.09 Å². The van der Waals surface area contributed by atoms with Gasteiger partial charge in [-0.2, -0.15) is 0 Å². The summed E-state index contributed by atoms with van der Waals surface area (Å²) < 4.78 is 10.4. The van der Waals surface area contributed by atoms with Gasteiger partial charge >= 0.3 is 6.09 Å². The van der Waals surface area contributed by atoms with Crippen LogP contribution >= 0.6 is 0 Å². The molecule has 0 spiro atoms. The maximum absolute atomic E-state index is 11.4. The summed E-state index contributed by atoms with van der Waals surface area (Å²) in [6.07, 6.45) is 1.64. The zero-order valence-electron chi connectivity index (χ0n) is 10.8. The fraction of sp³-hybridized carbons (Fsp3) is 0.462. The first-order valence-corrected chi connectivity index (χ1v) is 5.64. The number of aryl methyl sites for hydroxylation is 1. The van der Waals surface area contributed by atoms with Crippen molar-refractivity contribution in [3.8, 4) is 11.5 Å². The Morgan fingerprint density at radius 1 is 1.29 bits per heavy atom. The number of carbonyl (C=O) groups excluding carboxylic acids is 1. The van der Waals surface area contributed by atoms with Gasteiger partial charge in [-0.15, -0.1) is 0 Å². The standard InChI is InChI=1S/C13H19NO3/c1-5-6-10-7-8-11(12(9-10)16-4)17-13(15)14(2)3/h7-9H,5-6H2,1-4H3. The maximum atomic E-state index is 11.4. The van der Waals surface area contributed by atoms with E-state index in [0.717, 1.165) is 12.8 Å². The molecule has 0 heterocycles. The Balaban J connectivity index is 2.88. The van der Waals surface area contributed by atoms with Gasteiger partial charge in [-0.25, -0.2) is 4.79 Å². The first-order valence-electron chi connectivity index (χ1n) is 5.64. The van der Waals surface area contributed by atoms with Gasteiger partial charge in [0.1, 0.15) is 0 Å². The molecule has 0 saturated heterocycles. The van der Waals surface area contributed by atoms with E-state index in [9.17, 15) is 4.79 Å². The lowest BCUT2D eigenvalue weighted by molar-refractivity contribution is 0.170. The van der Waals surface area contributed by atoms with E-state index in [-0.39, 0.29) is 0 Å². The van der Waals surface area contributed by atoms with E-state index >= 15 is 0 Å². The molecule has 0 fully saturated rings. The first kappa shape index (κ1) is 13.4. The molecule has 0 saturated carbocycles. The Kier molecular flexibility index (Phi) is 4.82. The van der Waals surface area contributed by atoms with Crippen LogP contribution < -0.4 is 9.47 Å². The van der Waals surface area contributed by atoms with E-state index in [1.54, 1.807) is 27.3 Å². The number of nitrogens with zero attached hydrogens (tertiary/aromatic N) is 1. The summed E-state index contributed by atoms with van der Waals surface area (Å²) in [5.41, 5.74) is 1.18. The quantitative estimate of drug-likeness (QED) is 0.808. The second kappa shape index (κ2) is 6.13. The SMILES string of the molecule is CCCc1ccc(OC(=O)N(C)C)c(OC)c1. The third kappa shape index (κ3) is 3.66. The molecular weight excluding hydrogens is 218 g/mol. The number of amides is 1. The second-order valence-corrected chi connectivity index (χ2v) is 4.00. The molecule has 1 rings (SSSR count). The molecule has 4 nitrogen and oxygen atoms in total. The van der Waals surface area contributed by atoms with Crippen molar-refractivity contribution in [3.63, 3.8) is 0 Å². The highest BCUT2D eigenvalue weighted by Gasteiger charge is 2.11. The predicted octanol–water partition coefficient (Wildman–Crippen LogP) is 2.71. The summed E-state index contributed by atoms with van der Waals surface area (Å²) in [5.74, 6) is 1.04. The molecule has 1 aromatic carbocycles. The van der Waals surface area contributed by atoms with Crippen molar-refractivity contribution in [2.75, 3.05) is 21.2 Å². The number of hydrogen-bond donors (Lipinski definition) is 0. The van der Waals surface area contributed by atoms with Gasteiger partial charge in [0.05, 0.1) is 7.11 Å². The molecule has 0 aliphatic rings. The third-order valence-electron chi connectivity index (χ3n) is 2.33. The lowest BCUT2D eigenvalue weighted by atomic mass is 10.1. The fourth-order valence-electron chi connectivity index (χ4n) is 1.43. The number of methoxy groups -OCH3 is 1. The van der Waals surface area contributed by atoms with Gasteiger partial charge in [-0.05, 0) is 24.1 Å². The minimum absolute atomic E-state index is 0.411. The Morgan fingerprint density at radius 3 is 2.53 bits per heavy atom. The zero-order chi connectivity index (χ0) is 12.8. The maximum Gasteiger partial charge on any atom is 0.414 e. The van der Waals surface area contributed by atoms with E-state index in [1.165, 1.54) is 10.5 Å². The van der Waals surface area contributed by atoms with Gasteiger partial charge in [-0.3, -0.25) is 0 Å². The molecule has 94 valence electrons. The highest BCUT2D eigenvalue weighted by Crippen LogP contribution is 2.28. The average molecular weight is 237 g/mol. The zero-order valence-corrected chi connectivity index (χ0v) is 10.8. The summed E-state index contributed by atoms with van der Waals surface area (Å²) in [4.78, 5) is 12.8. The van der Waals surface area contributed by atoms with E-state index in [2.05, 4.69) is 6.92 Å². The van der Waals surface area contributed by atoms with E-state index in [1.807, 2.05) is 12.1 Å². The van der Waals surface area contributed by atoms with Crippen molar-refractivity contribution in [1.82, 2.24) is 4.90 Å². The summed E-state index contributed by atoms with van der Waals surface area (Å²) in [5, 5.41) is 0. The highest BCUT2D eigenvalue weighted by molar-refractivity contribution is 5.71. The number of ether oxygens (including phenoxy) is 2. The molecule has 0 unspecified atom stereocenters. The lowest BCUT2D eigenvalue weighted by Gasteiger charge is -2.14. The van der Waals surface area contributed by atoms with Crippen molar-refractivity contribution in [3.05, 3.63) is 23.8 Å². The summed E-state index contributed by atoms with van der Waals surface area (Å²) in [6.45, 7) is 2.12. The van der Waals surface area contributed by atoms with Gasteiger partial charge in [0.25, 0.3) is 0 Å². The van der Waals surface area contributed by atoms with Crippen LogP contribution in [0.3, 0.4) is 0 Å². The fourth-order valence-corrected chi connectivity index (χ4v) is 1.43. The largest absolute Gasteiger partial charge is 0.493 e. The average Bonchev–Trinajstić information content (AvgIpc) is 2.31. The molecule has 0 radical (unpaired) electrons. The minimum Gasteiger partial charge on any atom is -0.493 e. The molecule has 0 aliphatic carbocycles. The molecule has 0 aliphatic heterocycles. The van der Waals surface area contributed by atoms with Crippen LogP contribution in [0.15, 0.2) is 18.2 Å². The number of benzene rings is 1. The molecule has 0 bridgehead atoms. The van der Waals surface area contributed by atoms with E-state index in [0.29, 0.717) is 11.5 Å². The van der Waals surface area contributed by atoms with Crippen molar-refractivity contribution in [2.45, 2.75) is 19.8 Å². The monoisotopic (exact) mass is 237 g/mol. The molecule has 1 amide bonds. The van der Waals surface area contributed by atoms with Crippen molar-refractivity contribution < 1.29 is 14.3 Å². The predicted molar refractivity (Wildman–Crippen MR) is 66.7 cm³/mol. The first-order chi connectivity index (χ1) is 8.08. The molecule has 1 aromatic rings. The van der Waals surface area contributed by atoms with Gasteiger partial charge in [0.2, 0.25) is 0 Å². The minimum atomic E-state index is -0.411. The Labute approximate surface area is 102 Å². The van der Waals surface area contributed by atoms with Gasteiger partial charge in [-0.1, -0.05) is 19.4 Å². The van der Waals surface area contributed by atoms with Crippen molar-refractivity contribution in [1.29, 1.82) is 0 Å². The van der Waals surface area contributed by atoms with Gasteiger partial charge < -0.3 is 14.4 Å². The molecule has 0 atom stereocenters. The van der Waals surface area contributed by atoms with Crippen LogP contribution in [0, 0.1) is 0 Å². The van der Waals surface area contributed by atoms with Crippen LogP contribution in [0.1, 0.15) is 18.9 Å². The number of hydrogen-bond acceptors (Lipinski definition) is 3. The van der Waals surface area contributed by atoms with Gasteiger partial charge in [0.15, 0.2) is 11.5 Å². The molecule has 4 heteroatoms. The molecule has 17 heavy (non-hydrogen) atoms. The number of carbonyl (C=O) groups is 1. The van der Waals surface area contributed by atoms with Crippen LogP contribution in [0.2, 0.25) is 0 Å². The summed E-state index contributed by atoms with van der Waals surface area (Å²) in [6, 6.07) is 5.62. The number of rotatable bonds is 4. The Morgan fingerprint density at radius 2 is 2.00 bits per heavy atom. The third-order valence-corrected chi connectivity index (χ3v) is 2.33. The van der Waals surface area contributed by atoms with Crippen LogP contribution in [-0.2, 0) is 6.42 Å². The molecule has 0 N–H and O–H groups in total. The Bertz CT molecular complexity index is 388. The lowest BCUT2D eigenvalue weighted by Crippen LogP contribution is -2.25. The topological polar surface area (TPSA) is 38.8 Å². The molecule has 0 aromatic heterocycles. The van der Waals surface area contributed by atoms with Crippen LogP contribution in [0.5, 0.6) is 11.5 Å². The van der Waals surface area contributed by atoms with Gasteiger partial charge in [0, 0.05) is 14.1 Å². The van der Waals surface area contributed by atoms with E-state index in [4.69, 9.17) is 9.47 Å². The normalized spacial score (nSPS) is 9.88. The van der Waals surface area contributed by atoms with Crippen LogP contribution in [0.25, 0.3) is 0 Å².